The highest BCUT2D eigenvalue weighted by Crippen LogP contribution is 2.75. The normalized spacial score (nSPS) is 52.3. The summed E-state index contributed by atoms with van der Waals surface area (Å²) in [6, 6.07) is 0. The molecule has 0 radical (unpaired) electrons. The van der Waals surface area contributed by atoms with Gasteiger partial charge in [0.25, 0.3) is 0 Å². The number of carbonyl (C=O) groups is 1. The molecule has 6 fully saturated rings. The summed E-state index contributed by atoms with van der Waals surface area (Å²) in [5.41, 5.74) is 4.47. The van der Waals surface area contributed by atoms with Crippen molar-refractivity contribution in [3.63, 3.8) is 0 Å². The van der Waals surface area contributed by atoms with Gasteiger partial charge in [-0.1, -0.05) is 34.6 Å². The lowest BCUT2D eigenvalue weighted by Gasteiger charge is -2.63. The Morgan fingerprint density at radius 1 is 1.02 bits per heavy atom. The van der Waals surface area contributed by atoms with Gasteiger partial charge in [0.05, 0.1) is 23.5 Å². The van der Waals surface area contributed by atoms with Gasteiger partial charge >= 0.3 is 0 Å². The van der Waals surface area contributed by atoms with Crippen LogP contribution in [0.2, 0.25) is 0 Å². The average Bonchev–Trinajstić information content (AvgIpc) is 3.83. The highest BCUT2D eigenvalue weighted by Gasteiger charge is 2.77. The van der Waals surface area contributed by atoms with Crippen LogP contribution in [0.15, 0.2) is 11.1 Å². The van der Waals surface area contributed by atoms with E-state index in [4.69, 9.17) is 15.2 Å². The number of aliphatic hydroxyl groups excluding tert-OH is 1. The number of piperidine rings is 1. The molecule has 276 valence electrons. The van der Waals surface area contributed by atoms with Crippen molar-refractivity contribution < 1.29 is 29.6 Å². The van der Waals surface area contributed by atoms with Crippen molar-refractivity contribution >= 4 is 5.78 Å². The molecule has 15 atom stereocenters. The lowest BCUT2D eigenvalue weighted by Crippen LogP contribution is -2.65. The maximum Gasteiger partial charge on any atom is 0.162 e. The zero-order valence-corrected chi connectivity index (χ0v) is 31.2. The van der Waals surface area contributed by atoms with E-state index in [-0.39, 0.29) is 58.7 Å². The summed E-state index contributed by atoms with van der Waals surface area (Å²) >= 11 is 0. The summed E-state index contributed by atoms with van der Waals surface area (Å²) in [6.07, 6.45) is 11.4. The first-order valence-corrected chi connectivity index (χ1v) is 20.2. The van der Waals surface area contributed by atoms with Crippen LogP contribution in [0, 0.1) is 51.8 Å². The fourth-order valence-electron chi connectivity index (χ4n) is 13.6. The molecule has 3 saturated heterocycles. The van der Waals surface area contributed by atoms with E-state index < -0.39 is 28.3 Å². The first-order chi connectivity index (χ1) is 23.0. The number of ether oxygens (including phenoxy) is 2. The van der Waals surface area contributed by atoms with E-state index in [0.717, 1.165) is 101 Å². The minimum atomic E-state index is -1.05. The molecule has 49 heavy (non-hydrogen) atoms. The number of allylic oxidation sites excluding steroid dienone is 1. The Labute approximate surface area is 294 Å². The van der Waals surface area contributed by atoms with E-state index >= 15 is 0 Å². The molecule has 0 aromatic heterocycles. The van der Waals surface area contributed by atoms with Crippen LogP contribution >= 0.6 is 0 Å². The molecular formula is C41H66N2O6. The largest absolute Gasteiger partial charge is 0.393 e. The quantitative estimate of drug-likeness (QED) is 0.225. The van der Waals surface area contributed by atoms with Crippen molar-refractivity contribution in [1.82, 2.24) is 5.32 Å². The number of fused-ring (bicyclic) bond motifs is 2. The van der Waals surface area contributed by atoms with Gasteiger partial charge < -0.3 is 35.8 Å². The molecule has 0 aromatic carbocycles. The number of Topliss-reactive ketones (excluding diaryl/α,β-unsaturated/α-hetero) is 1. The third-order valence-corrected chi connectivity index (χ3v) is 17.1. The van der Waals surface area contributed by atoms with Gasteiger partial charge in [-0.25, -0.2) is 0 Å². The highest BCUT2D eigenvalue weighted by atomic mass is 16.6. The molecule has 0 spiro atoms. The van der Waals surface area contributed by atoms with E-state index in [1.165, 1.54) is 0 Å². The smallest absolute Gasteiger partial charge is 0.162 e. The molecule has 2 unspecified atom stereocenters. The first kappa shape index (κ1) is 35.2. The number of ketones is 1. The van der Waals surface area contributed by atoms with E-state index in [1.54, 1.807) is 0 Å². The number of nitrogens with one attached hydrogen (secondary N) is 1. The van der Waals surface area contributed by atoms with Crippen LogP contribution in [-0.2, 0) is 14.3 Å². The van der Waals surface area contributed by atoms with Crippen molar-refractivity contribution in [2.75, 3.05) is 13.2 Å². The summed E-state index contributed by atoms with van der Waals surface area (Å²) in [4.78, 5) is 14.3. The van der Waals surface area contributed by atoms with E-state index in [2.05, 4.69) is 39.9 Å². The Bertz CT molecular complexity index is 1380. The van der Waals surface area contributed by atoms with Crippen molar-refractivity contribution in [1.29, 1.82) is 0 Å². The topological polar surface area (TPSA) is 138 Å². The molecule has 6 N–H and O–H groups in total. The third-order valence-electron chi connectivity index (χ3n) is 17.1. The van der Waals surface area contributed by atoms with E-state index in [9.17, 15) is 20.1 Å². The zero-order valence-electron chi connectivity index (χ0n) is 31.2. The maximum atomic E-state index is 14.3. The van der Waals surface area contributed by atoms with Crippen LogP contribution in [0.4, 0.5) is 0 Å². The molecule has 3 saturated carbocycles. The van der Waals surface area contributed by atoms with Crippen molar-refractivity contribution in [3.8, 4) is 0 Å². The molecule has 8 nitrogen and oxygen atoms in total. The predicted octanol–water partition coefficient (Wildman–Crippen LogP) is 5.40. The van der Waals surface area contributed by atoms with Crippen LogP contribution in [0.1, 0.15) is 131 Å². The lowest BCUT2D eigenvalue weighted by atomic mass is 9.42. The molecule has 0 amide bonds. The van der Waals surface area contributed by atoms with Gasteiger partial charge in [0.15, 0.2) is 5.78 Å². The minimum absolute atomic E-state index is 0.0589. The Kier molecular flexibility index (Phi) is 8.30. The first-order valence-electron chi connectivity index (χ1n) is 20.2. The Balaban J connectivity index is 1.12. The van der Waals surface area contributed by atoms with Crippen molar-refractivity contribution in [2.45, 2.75) is 173 Å². The lowest BCUT2D eigenvalue weighted by molar-refractivity contribution is -0.197. The van der Waals surface area contributed by atoms with Crippen LogP contribution in [0.5, 0.6) is 0 Å². The van der Waals surface area contributed by atoms with Crippen LogP contribution in [-0.4, -0.2) is 75.5 Å². The Morgan fingerprint density at radius 2 is 1.80 bits per heavy atom. The van der Waals surface area contributed by atoms with Gasteiger partial charge in [0, 0.05) is 17.9 Å². The number of nitrogens with two attached hydrogens (primary N) is 1. The molecule has 0 bridgehead atoms. The van der Waals surface area contributed by atoms with Gasteiger partial charge in [0.1, 0.15) is 17.8 Å². The maximum absolute atomic E-state index is 14.3. The molecule has 8 aliphatic rings. The van der Waals surface area contributed by atoms with Gasteiger partial charge in [-0.3, -0.25) is 4.79 Å². The molecule has 3 aliphatic heterocycles. The number of carbonyl (C=O) groups excluding carboxylic acids is 1. The van der Waals surface area contributed by atoms with Crippen molar-refractivity contribution in [3.05, 3.63) is 11.1 Å². The molecule has 5 aliphatic carbocycles. The van der Waals surface area contributed by atoms with Crippen molar-refractivity contribution in [2.24, 2.45) is 57.5 Å². The molecule has 3 heterocycles. The number of rotatable bonds is 7. The molecule has 8 rings (SSSR count). The Hall–Kier alpha value is -0.870. The summed E-state index contributed by atoms with van der Waals surface area (Å²) in [5, 5.41) is 39.9. The highest BCUT2D eigenvalue weighted by molar-refractivity contribution is 6.00. The van der Waals surface area contributed by atoms with Gasteiger partial charge in [-0.2, -0.15) is 0 Å². The SMILES string of the molecule is C[C@H]1CCO[C@@]([C@@H]2O[C@@H]2[C@](C)(O)C(C)(C)CCC2CCNC(N)C2)([C@@H]2C[C@H]3CCC4=C5[C@H](CC[C@@]2(C)[C@]53O)[C@]2(C)CC[C@H](O)C[C@H]2C4=O)C1. The van der Waals surface area contributed by atoms with E-state index in [0.29, 0.717) is 24.9 Å². The van der Waals surface area contributed by atoms with Crippen LogP contribution in [0.3, 0.4) is 0 Å². The zero-order chi connectivity index (χ0) is 34.9. The van der Waals surface area contributed by atoms with E-state index in [1.807, 2.05) is 6.92 Å². The van der Waals surface area contributed by atoms with Gasteiger partial charge in [0.2, 0.25) is 0 Å². The van der Waals surface area contributed by atoms with Gasteiger partial charge in [-0.15, -0.1) is 0 Å². The second-order valence-electron chi connectivity index (χ2n) is 19.9. The van der Waals surface area contributed by atoms with Crippen LogP contribution < -0.4 is 11.1 Å². The Morgan fingerprint density at radius 3 is 2.53 bits per heavy atom. The number of aliphatic hydroxyl groups is 3. The fourth-order valence-corrected chi connectivity index (χ4v) is 13.6. The third kappa shape index (κ3) is 4.89. The standard InChI is InChI=1S/C41H66N2O6/c1-23-13-18-48-40(22-23,35-34(49-35)39(6,46)36(2,3)14-9-24-12-17-43-31(42)19-24)30-20-25-7-8-27-32-28(11-16-38(30,5)41(25,32)47)37(4)15-10-26(44)21-29(37)33(27)45/h23-26,28-31,34-35,43-44,46-47H,7-22,42H2,1-6H3/t23-,24?,25+,26-,28-,29-,30+,31?,34-,35+,37-,38+,39-,40+,41+/m0/s1. The number of epoxide rings is 1. The predicted molar refractivity (Wildman–Crippen MR) is 188 cm³/mol. The number of hydrogen-bond acceptors (Lipinski definition) is 8. The minimum Gasteiger partial charge on any atom is -0.393 e. The second-order valence-corrected chi connectivity index (χ2v) is 19.9. The fraction of sp³-hybridized carbons (Fsp3) is 0.927. The molecule has 0 aromatic rings. The van der Waals surface area contributed by atoms with Crippen LogP contribution in [0.25, 0.3) is 0 Å². The van der Waals surface area contributed by atoms with Gasteiger partial charge in [-0.05, 0) is 155 Å². The average molecular weight is 683 g/mol. The summed E-state index contributed by atoms with van der Waals surface area (Å²) in [7, 11) is 0. The summed E-state index contributed by atoms with van der Waals surface area (Å²) in [6.45, 7) is 15.0. The molecule has 8 heteroatoms. The monoisotopic (exact) mass is 682 g/mol. The summed E-state index contributed by atoms with van der Waals surface area (Å²) in [5.74, 6) is 1.40. The number of hydrogen-bond donors (Lipinski definition) is 5. The second kappa shape index (κ2) is 11.6. The molecular weight excluding hydrogens is 616 g/mol. The summed E-state index contributed by atoms with van der Waals surface area (Å²) < 4.78 is 13.9.